The molecular formula is C9H11NO3P+. The molecule has 1 heterocycles. The minimum absolute atomic E-state index is 0.965. The van der Waals surface area contributed by atoms with E-state index in [0.717, 1.165) is 6.54 Å². The van der Waals surface area contributed by atoms with E-state index >= 15 is 0 Å². The van der Waals surface area contributed by atoms with Crippen LogP contribution in [-0.2, 0) is 11.1 Å². The Morgan fingerprint density at radius 2 is 1.93 bits per heavy atom. The third-order valence-electron chi connectivity index (χ3n) is 1.73. The molecule has 0 atom stereocenters. The molecule has 74 valence electrons. The third-order valence-corrected chi connectivity index (χ3v) is 1.73. The van der Waals surface area contributed by atoms with Crippen LogP contribution in [0.1, 0.15) is 11.1 Å². The largest absolute Gasteiger partial charge is 0.692 e. The molecule has 1 aliphatic rings. The van der Waals surface area contributed by atoms with Crippen LogP contribution >= 0.6 is 8.25 Å². The van der Waals surface area contributed by atoms with Crippen molar-refractivity contribution in [3.8, 4) is 0 Å². The Bertz CT molecular complexity index is 348. The van der Waals surface area contributed by atoms with Crippen LogP contribution in [0.5, 0.6) is 0 Å². The fourth-order valence-electron chi connectivity index (χ4n) is 1.18. The summed E-state index contributed by atoms with van der Waals surface area (Å²) in [6, 6.07) is 8.41. The summed E-state index contributed by atoms with van der Waals surface area (Å²) < 4.78 is 8.70. The van der Waals surface area contributed by atoms with E-state index in [9.17, 15) is 0 Å². The van der Waals surface area contributed by atoms with Gasteiger partial charge >= 0.3 is 8.25 Å². The van der Waals surface area contributed by atoms with Gasteiger partial charge in [0.1, 0.15) is 0 Å². The molecule has 0 amide bonds. The molecule has 1 aromatic carbocycles. The van der Waals surface area contributed by atoms with Crippen molar-refractivity contribution in [1.29, 1.82) is 0 Å². The summed E-state index contributed by atoms with van der Waals surface area (Å²) in [6.07, 6.45) is 4.08. The number of fused-ring (bicyclic) bond motifs is 1. The van der Waals surface area contributed by atoms with Crippen molar-refractivity contribution in [2.45, 2.75) is 6.54 Å². The van der Waals surface area contributed by atoms with E-state index in [-0.39, 0.29) is 0 Å². The van der Waals surface area contributed by atoms with Crippen molar-refractivity contribution in [2.24, 2.45) is 0 Å². The lowest BCUT2D eigenvalue weighted by molar-refractivity contribution is 0.405. The summed E-state index contributed by atoms with van der Waals surface area (Å²) >= 11 is 0. The maximum atomic E-state index is 8.70. The molecule has 5 heteroatoms. The third kappa shape index (κ3) is 3.66. The molecule has 0 saturated heterocycles. The first-order valence-electron chi connectivity index (χ1n) is 4.03. The van der Waals surface area contributed by atoms with Crippen molar-refractivity contribution in [3.05, 3.63) is 41.6 Å². The Kier molecular flexibility index (Phi) is 4.26. The van der Waals surface area contributed by atoms with Crippen molar-refractivity contribution < 1.29 is 14.4 Å². The molecule has 0 bridgehead atoms. The Labute approximate surface area is 82.9 Å². The van der Waals surface area contributed by atoms with Crippen LogP contribution in [0.15, 0.2) is 30.5 Å². The summed E-state index contributed by atoms with van der Waals surface area (Å²) in [5.41, 5.74) is 2.71. The van der Waals surface area contributed by atoms with E-state index in [1.165, 1.54) is 11.1 Å². The zero-order chi connectivity index (χ0) is 10.4. The second-order valence-electron chi connectivity index (χ2n) is 2.67. The first kappa shape index (κ1) is 10.9. The lowest BCUT2D eigenvalue weighted by Crippen LogP contribution is -2.09. The quantitative estimate of drug-likeness (QED) is 0.568. The number of benzene rings is 1. The molecule has 14 heavy (non-hydrogen) atoms. The van der Waals surface area contributed by atoms with Gasteiger partial charge in [-0.1, -0.05) is 24.3 Å². The van der Waals surface area contributed by atoms with Gasteiger partial charge in [0.05, 0.1) is 0 Å². The van der Waals surface area contributed by atoms with Gasteiger partial charge in [-0.05, 0) is 23.4 Å². The molecule has 4 nitrogen and oxygen atoms in total. The highest BCUT2D eigenvalue weighted by molar-refractivity contribution is 7.30. The first-order valence-corrected chi connectivity index (χ1v) is 5.19. The van der Waals surface area contributed by atoms with Gasteiger partial charge in [0, 0.05) is 11.1 Å². The van der Waals surface area contributed by atoms with Gasteiger partial charge in [0.2, 0.25) is 0 Å². The van der Waals surface area contributed by atoms with Gasteiger partial charge in [-0.15, -0.1) is 9.79 Å². The van der Waals surface area contributed by atoms with Gasteiger partial charge < -0.3 is 5.32 Å². The Balaban J connectivity index is 0.000000213. The topological polar surface area (TPSA) is 69.6 Å². The smallest absolute Gasteiger partial charge is 0.387 e. The maximum absolute atomic E-state index is 8.70. The van der Waals surface area contributed by atoms with Crippen LogP contribution in [0, 0.1) is 0 Å². The summed E-state index contributed by atoms with van der Waals surface area (Å²) in [7, 11) is -2.87. The van der Waals surface area contributed by atoms with Crippen LogP contribution in [0.4, 0.5) is 0 Å². The molecule has 0 saturated carbocycles. The normalized spacial score (nSPS) is 11.9. The fourth-order valence-corrected chi connectivity index (χ4v) is 1.18. The van der Waals surface area contributed by atoms with E-state index < -0.39 is 8.25 Å². The lowest BCUT2D eigenvalue weighted by Gasteiger charge is -2.10. The number of nitrogens with one attached hydrogen (secondary N) is 1. The Morgan fingerprint density at radius 1 is 1.29 bits per heavy atom. The average molecular weight is 212 g/mol. The first-order chi connectivity index (χ1) is 6.70. The predicted molar refractivity (Wildman–Crippen MR) is 54.4 cm³/mol. The van der Waals surface area contributed by atoms with Gasteiger partial charge in [-0.3, -0.25) is 0 Å². The highest BCUT2D eigenvalue weighted by atomic mass is 31.1. The minimum atomic E-state index is -2.87. The van der Waals surface area contributed by atoms with Gasteiger partial charge in [-0.2, -0.15) is 0 Å². The molecule has 0 aliphatic carbocycles. The zero-order valence-electron chi connectivity index (χ0n) is 7.42. The highest BCUT2D eigenvalue weighted by Crippen LogP contribution is 2.12. The van der Waals surface area contributed by atoms with Crippen molar-refractivity contribution in [1.82, 2.24) is 5.32 Å². The summed E-state index contributed by atoms with van der Waals surface area (Å²) in [5, 5.41) is 3.16. The summed E-state index contributed by atoms with van der Waals surface area (Å²) in [5.74, 6) is 0. The molecule has 1 aliphatic heterocycles. The monoisotopic (exact) mass is 212 g/mol. The van der Waals surface area contributed by atoms with Crippen molar-refractivity contribution in [2.75, 3.05) is 0 Å². The van der Waals surface area contributed by atoms with Crippen molar-refractivity contribution >= 4 is 14.3 Å². The van der Waals surface area contributed by atoms with Gasteiger partial charge in [0.25, 0.3) is 0 Å². The van der Waals surface area contributed by atoms with Gasteiger partial charge in [0.15, 0.2) is 0 Å². The average Bonchev–Trinajstić information content (AvgIpc) is 2.17. The molecule has 1 aromatic rings. The van der Waals surface area contributed by atoms with Crippen molar-refractivity contribution in [3.63, 3.8) is 0 Å². The van der Waals surface area contributed by atoms with E-state index in [2.05, 4.69) is 35.7 Å². The molecule has 2 rings (SSSR count). The summed E-state index contributed by atoms with van der Waals surface area (Å²) in [4.78, 5) is 14.2. The van der Waals surface area contributed by atoms with E-state index in [1.807, 2.05) is 6.20 Å². The SMILES string of the molecule is C1=Cc2ccccc2CN1.O=[P+](O)O. The van der Waals surface area contributed by atoms with E-state index in [1.54, 1.807) is 0 Å². The summed E-state index contributed by atoms with van der Waals surface area (Å²) in [6.45, 7) is 0.965. The number of hydrogen-bond acceptors (Lipinski definition) is 2. The fraction of sp³-hybridized carbons (Fsp3) is 0.111. The van der Waals surface area contributed by atoms with Crippen LogP contribution < -0.4 is 5.32 Å². The van der Waals surface area contributed by atoms with Crippen LogP contribution in [-0.4, -0.2) is 9.79 Å². The number of hydrogen-bond donors (Lipinski definition) is 3. The van der Waals surface area contributed by atoms with Crippen LogP contribution in [0.25, 0.3) is 6.08 Å². The highest BCUT2D eigenvalue weighted by Gasteiger charge is 1.99. The Hall–Kier alpha value is -1.22. The molecule has 0 spiro atoms. The standard InChI is InChI=1S/C9H9N.HO3P/c1-2-4-9-7-10-6-5-8(9)3-1;1-4(2)3/h1-6,10H,7H2;(H-,1,2,3)/p+1. The van der Waals surface area contributed by atoms with E-state index in [0.29, 0.717) is 0 Å². The van der Waals surface area contributed by atoms with Gasteiger partial charge in [-0.25, -0.2) is 0 Å². The molecule has 0 radical (unpaired) electrons. The molecular weight excluding hydrogens is 201 g/mol. The van der Waals surface area contributed by atoms with Crippen LogP contribution in [0.3, 0.4) is 0 Å². The second-order valence-corrected chi connectivity index (χ2v) is 3.17. The second kappa shape index (κ2) is 5.50. The maximum Gasteiger partial charge on any atom is 0.692 e. The predicted octanol–water partition coefficient (Wildman–Crippen LogP) is 1.39. The zero-order valence-corrected chi connectivity index (χ0v) is 8.32. The number of rotatable bonds is 0. The lowest BCUT2D eigenvalue weighted by atomic mass is 10.1. The minimum Gasteiger partial charge on any atom is -0.387 e. The molecule has 0 aromatic heterocycles. The van der Waals surface area contributed by atoms with Crippen LogP contribution in [0.2, 0.25) is 0 Å². The molecule has 0 unspecified atom stereocenters. The van der Waals surface area contributed by atoms with E-state index in [4.69, 9.17) is 14.4 Å². The molecule has 3 N–H and O–H groups in total. The molecule has 0 fully saturated rings. The Morgan fingerprint density at radius 3 is 2.57 bits per heavy atom.